The molecule has 2 rings (SSSR count). The van der Waals surface area contributed by atoms with Crippen LogP contribution >= 0.6 is 46.4 Å². The van der Waals surface area contributed by atoms with Crippen LogP contribution in [0.3, 0.4) is 0 Å². The average molecular weight is 518 g/mol. The summed E-state index contributed by atoms with van der Waals surface area (Å²) in [5, 5.41) is 1.68. The molecular formula is C28H40Cl4. The topological polar surface area (TPSA) is 0 Å². The van der Waals surface area contributed by atoms with Crippen molar-refractivity contribution in [1.29, 1.82) is 0 Å². The lowest BCUT2D eigenvalue weighted by Gasteiger charge is -2.33. The van der Waals surface area contributed by atoms with E-state index < -0.39 is 0 Å². The van der Waals surface area contributed by atoms with E-state index in [0.717, 1.165) is 11.1 Å². The molecule has 4 heteroatoms. The third-order valence-electron chi connectivity index (χ3n) is 5.31. The van der Waals surface area contributed by atoms with E-state index in [1.807, 2.05) is 0 Å². The van der Waals surface area contributed by atoms with Gasteiger partial charge in [-0.25, -0.2) is 0 Å². The monoisotopic (exact) mass is 516 g/mol. The molecule has 0 nitrogen and oxygen atoms in total. The SMILES string of the molecule is CC(C)(C)c1c(Cl)c(Cl)c(Cl)c(Cl)c1C(C)(C)C.CC(C)(C)c1ccccc1C(C)(C)C. The van der Waals surface area contributed by atoms with Crippen LogP contribution in [0.4, 0.5) is 0 Å². The van der Waals surface area contributed by atoms with E-state index in [2.05, 4.69) is 107 Å². The molecule has 0 amide bonds. The first-order chi connectivity index (χ1) is 14.1. The molecule has 0 aromatic heterocycles. The Labute approximate surface area is 217 Å². The van der Waals surface area contributed by atoms with Crippen LogP contribution in [0.5, 0.6) is 0 Å². The summed E-state index contributed by atoms with van der Waals surface area (Å²) in [5.74, 6) is 0. The van der Waals surface area contributed by atoms with Crippen LogP contribution in [0, 0.1) is 0 Å². The standard InChI is InChI=1S/C14H18Cl4.C14H22/c1-13(2,3)7-8(14(4,5)6)10(16)12(18)11(17)9(7)15;1-13(2,3)11-9-7-8-10-12(11)14(4,5)6/h1-6H3;7-10H,1-6H3. The van der Waals surface area contributed by atoms with Gasteiger partial charge in [-0.3, -0.25) is 0 Å². The number of halogens is 4. The Bertz CT molecular complexity index is 866. The van der Waals surface area contributed by atoms with Gasteiger partial charge in [0.2, 0.25) is 0 Å². The lowest BCUT2D eigenvalue weighted by atomic mass is 9.75. The second-order valence-corrected chi connectivity index (χ2v) is 14.1. The van der Waals surface area contributed by atoms with Crippen LogP contribution in [0.2, 0.25) is 20.1 Å². The van der Waals surface area contributed by atoms with E-state index >= 15 is 0 Å². The lowest BCUT2D eigenvalue weighted by molar-refractivity contribution is 0.530. The zero-order chi connectivity index (χ0) is 25.4. The predicted octanol–water partition coefficient (Wildman–Crippen LogP) is 11.2. The fourth-order valence-electron chi connectivity index (χ4n) is 3.83. The first-order valence-electron chi connectivity index (χ1n) is 11.1. The molecule has 0 atom stereocenters. The fraction of sp³-hybridized carbons (Fsp3) is 0.571. The van der Waals surface area contributed by atoms with Crippen LogP contribution in [0.25, 0.3) is 0 Å². The summed E-state index contributed by atoms with van der Waals surface area (Å²) >= 11 is 25.1. The van der Waals surface area contributed by atoms with Gasteiger partial charge in [0.1, 0.15) is 0 Å². The Morgan fingerprint density at radius 2 is 0.656 bits per heavy atom. The van der Waals surface area contributed by atoms with E-state index in [0.29, 0.717) is 20.1 Å². The highest BCUT2D eigenvalue weighted by Gasteiger charge is 2.33. The summed E-state index contributed by atoms with van der Waals surface area (Å²) in [6, 6.07) is 8.77. The molecule has 0 unspecified atom stereocenters. The molecule has 0 aliphatic rings. The maximum Gasteiger partial charge on any atom is 0.0796 e. The van der Waals surface area contributed by atoms with E-state index in [4.69, 9.17) is 46.4 Å². The second-order valence-electron chi connectivity index (χ2n) is 12.6. The molecule has 2 aromatic rings. The molecule has 0 aliphatic carbocycles. The minimum atomic E-state index is -0.155. The van der Waals surface area contributed by atoms with Gasteiger partial charge in [-0.2, -0.15) is 0 Å². The second kappa shape index (κ2) is 10.1. The number of hydrogen-bond donors (Lipinski definition) is 0. The normalized spacial score (nSPS) is 13.0. The Kier molecular flexibility index (Phi) is 9.32. The van der Waals surface area contributed by atoms with Crippen molar-refractivity contribution >= 4 is 46.4 Å². The zero-order valence-corrected chi connectivity index (χ0v) is 24.8. The molecule has 0 bridgehead atoms. The minimum absolute atomic E-state index is 0.155. The van der Waals surface area contributed by atoms with Crippen LogP contribution < -0.4 is 0 Å². The van der Waals surface area contributed by atoms with Crippen molar-refractivity contribution in [3.63, 3.8) is 0 Å². The molecule has 180 valence electrons. The molecule has 0 heterocycles. The van der Waals surface area contributed by atoms with Gasteiger partial charge in [0.05, 0.1) is 20.1 Å². The fourth-order valence-corrected chi connectivity index (χ4v) is 5.25. The zero-order valence-electron chi connectivity index (χ0n) is 21.8. The van der Waals surface area contributed by atoms with Crippen LogP contribution in [-0.4, -0.2) is 0 Å². The van der Waals surface area contributed by atoms with Gasteiger partial charge in [0.25, 0.3) is 0 Å². The summed E-state index contributed by atoms with van der Waals surface area (Å²) < 4.78 is 0. The summed E-state index contributed by atoms with van der Waals surface area (Å²) in [4.78, 5) is 0. The maximum atomic E-state index is 6.39. The molecule has 0 saturated heterocycles. The van der Waals surface area contributed by atoms with Crippen molar-refractivity contribution in [2.24, 2.45) is 0 Å². The minimum Gasteiger partial charge on any atom is -0.0823 e. The highest BCUT2D eigenvalue weighted by atomic mass is 35.5. The molecule has 0 radical (unpaired) electrons. The number of rotatable bonds is 0. The molecule has 2 aromatic carbocycles. The first kappa shape index (κ1) is 29.6. The summed E-state index contributed by atoms with van der Waals surface area (Å²) in [6.07, 6.45) is 0. The van der Waals surface area contributed by atoms with Gasteiger partial charge >= 0.3 is 0 Å². The molecular weight excluding hydrogens is 478 g/mol. The van der Waals surface area contributed by atoms with Gasteiger partial charge in [-0.15, -0.1) is 0 Å². The van der Waals surface area contributed by atoms with Gasteiger partial charge in [-0.05, 0) is 43.9 Å². The van der Waals surface area contributed by atoms with Crippen LogP contribution in [0.1, 0.15) is 105 Å². The van der Waals surface area contributed by atoms with Crippen molar-refractivity contribution in [3.8, 4) is 0 Å². The highest BCUT2D eigenvalue weighted by molar-refractivity contribution is 6.52. The van der Waals surface area contributed by atoms with Gasteiger partial charge in [0.15, 0.2) is 0 Å². The van der Waals surface area contributed by atoms with E-state index in [9.17, 15) is 0 Å². The third kappa shape index (κ3) is 7.05. The Balaban J connectivity index is 0.000000330. The first-order valence-corrected chi connectivity index (χ1v) is 12.6. The molecule has 0 saturated carbocycles. The molecule has 0 N–H and O–H groups in total. The third-order valence-corrected chi connectivity index (χ3v) is 7.11. The Morgan fingerprint density at radius 1 is 0.406 bits per heavy atom. The highest BCUT2D eigenvalue weighted by Crippen LogP contribution is 2.49. The van der Waals surface area contributed by atoms with Crippen molar-refractivity contribution in [2.45, 2.75) is 105 Å². The summed E-state index contributed by atoms with van der Waals surface area (Å²) in [6.45, 7) is 26.2. The maximum absolute atomic E-state index is 6.39. The lowest BCUT2D eigenvalue weighted by Crippen LogP contribution is -2.23. The Morgan fingerprint density at radius 3 is 0.844 bits per heavy atom. The van der Waals surface area contributed by atoms with Gasteiger partial charge in [-0.1, -0.05) is 154 Å². The molecule has 32 heavy (non-hydrogen) atoms. The number of hydrogen-bond acceptors (Lipinski definition) is 0. The predicted molar refractivity (Wildman–Crippen MR) is 148 cm³/mol. The number of benzene rings is 2. The smallest absolute Gasteiger partial charge is 0.0796 e. The van der Waals surface area contributed by atoms with E-state index in [1.54, 1.807) is 0 Å². The van der Waals surface area contributed by atoms with Crippen LogP contribution in [0.15, 0.2) is 24.3 Å². The molecule has 0 fully saturated rings. The quantitative estimate of drug-likeness (QED) is 0.240. The molecule has 0 aliphatic heterocycles. The van der Waals surface area contributed by atoms with Crippen molar-refractivity contribution in [1.82, 2.24) is 0 Å². The van der Waals surface area contributed by atoms with Crippen LogP contribution in [-0.2, 0) is 21.7 Å². The van der Waals surface area contributed by atoms with E-state index in [1.165, 1.54) is 11.1 Å². The van der Waals surface area contributed by atoms with Crippen molar-refractivity contribution in [3.05, 3.63) is 66.6 Å². The van der Waals surface area contributed by atoms with Crippen molar-refractivity contribution in [2.75, 3.05) is 0 Å². The largest absolute Gasteiger partial charge is 0.0823 e. The Hall–Kier alpha value is -0.400. The summed E-state index contributed by atoms with van der Waals surface area (Å²) in [7, 11) is 0. The van der Waals surface area contributed by atoms with E-state index in [-0.39, 0.29) is 21.7 Å². The van der Waals surface area contributed by atoms with Gasteiger partial charge in [0, 0.05) is 0 Å². The summed E-state index contributed by atoms with van der Waals surface area (Å²) in [5.41, 5.74) is 5.04. The van der Waals surface area contributed by atoms with Crippen molar-refractivity contribution < 1.29 is 0 Å². The van der Waals surface area contributed by atoms with Gasteiger partial charge < -0.3 is 0 Å². The average Bonchev–Trinajstić information content (AvgIpc) is 2.60. The molecule has 0 spiro atoms.